The fourth-order valence-electron chi connectivity index (χ4n) is 1.05. The lowest BCUT2D eigenvalue weighted by Crippen LogP contribution is -2.31. The van der Waals surface area contributed by atoms with Crippen LogP contribution in [0.4, 0.5) is 0 Å². The Morgan fingerprint density at radius 1 is 1.50 bits per heavy atom. The van der Waals surface area contributed by atoms with Crippen LogP contribution < -0.4 is 10.1 Å². The molecular weight excluding hydrogens is 230 g/mol. The third kappa shape index (κ3) is 5.00. The molecule has 4 nitrogen and oxygen atoms in total. The Balaban J connectivity index is 2.26. The van der Waals surface area contributed by atoms with Gasteiger partial charge in [-0.05, 0) is 18.2 Å². The Bertz CT molecular complexity index is 344. The van der Waals surface area contributed by atoms with Crippen LogP contribution in [0.2, 0.25) is 5.02 Å². The molecule has 0 aliphatic rings. The number of hydrogen-bond donors (Lipinski definition) is 1. The maximum atomic E-state index is 11.3. The summed E-state index contributed by atoms with van der Waals surface area (Å²) >= 11 is 5.77. The van der Waals surface area contributed by atoms with E-state index < -0.39 is 0 Å². The second-order valence-electron chi connectivity index (χ2n) is 3.09. The highest BCUT2D eigenvalue weighted by Gasteiger charge is 2.01. The summed E-state index contributed by atoms with van der Waals surface area (Å²) in [6, 6.07) is 6.91. The van der Waals surface area contributed by atoms with Gasteiger partial charge in [-0.3, -0.25) is 4.79 Å². The van der Waals surface area contributed by atoms with Gasteiger partial charge in [0, 0.05) is 18.7 Å². The highest BCUT2D eigenvalue weighted by molar-refractivity contribution is 6.30. The molecule has 16 heavy (non-hydrogen) atoms. The molecule has 0 heterocycles. The molecule has 0 unspecified atom stereocenters. The van der Waals surface area contributed by atoms with Gasteiger partial charge in [-0.1, -0.05) is 17.7 Å². The van der Waals surface area contributed by atoms with E-state index in [4.69, 9.17) is 21.1 Å². The van der Waals surface area contributed by atoms with Crippen LogP contribution in [0.1, 0.15) is 0 Å². The van der Waals surface area contributed by atoms with Crippen molar-refractivity contribution in [2.24, 2.45) is 0 Å². The van der Waals surface area contributed by atoms with Crippen molar-refractivity contribution >= 4 is 17.5 Å². The molecule has 0 spiro atoms. The molecule has 1 rings (SSSR count). The SMILES string of the molecule is COCCNC(=O)COc1cccc(Cl)c1. The van der Waals surface area contributed by atoms with Crippen molar-refractivity contribution in [2.75, 3.05) is 26.9 Å². The van der Waals surface area contributed by atoms with Crippen LogP contribution in [0.3, 0.4) is 0 Å². The summed E-state index contributed by atoms with van der Waals surface area (Å²) in [7, 11) is 1.58. The molecule has 5 heteroatoms. The van der Waals surface area contributed by atoms with E-state index in [-0.39, 0.29) is 12.5 Å². The first-order valence-electron chi connectivity index (χ1n) is 4.86. The molecule has 1 N–H and O–H groups in total. The molecule has 0 aliphatic heterocycles. The molecule has 0 bridgehead atoms. The first kappa shape index (κ1) is 12.8. The third-order valence-electron chi connectivity index (χ3n) is 1.79. The van der Waals surface area contributed by atoms with E-state index in [9.17, 15) is 4.79 Å². The molecule has 1 amide bonds. The predicted octanol–water partition coefficient (Wildman–Crippen LogP) is 1.48. The lowest BCUT2D eigenvalue weighted by Gasteiger charge is -2.07. The monoisotopic (exact) mass is 243 g/mol. The number of hydrogen-bond acceptors (Lipinski definition) is 3. The molecule has 0 saturated heterocycles. The summed E-state index contributed by atoms with van der Waals surface area (Å²) in [5, 5.41) is 3.23. The van der Waals surface area contributed by atoms with E-state index >= 15 is 0 Å². The first-order chi connectivity index (χ1) is 7.72. The maximum absolute atomic E-state index is 11.3. The number of rotatable bonds is 6. The van der Waals surface area contributed by atoms with Gasteiger partial charge in [-0.25, -0.2) is 0 Å². The zero-order valence-electron chi connectivity index (χ0n) is 9.03. The Morgan fingerprint density at radius 3 is 3.00 bits per heavy atom. The number of amides is 1. The van der Waals surface area contributed by atoms with Crippen LogP contribution in [0.25, 0.3) is 0 Å². The minimum absolute atomic E-state index is 0.0238. The molecule has 0 saturated carbocycles. The number of carbonyl (C=O) groups is 1. The lowest BCUT2D eigenvalue weighted by atomic mass is 10.3. The van der Waals surface area contributed by atoms with Crippen molar-refractivity contribution in [1.29, 1.82) is 0 Å². The molecular formula is C11H14ClNO3. The topological polar surface area (TPSA) is 47.6 Å². The summed E-state index contributed by atoms with van der Waals surface area (Å²) in [5.74, 6) is 0.395. The van der Waals surface area contributed by atoms with Crippen LogP contribution in [-0.2, 0) is 9.53 Å². The van der Waals surface area contributed by atoms with Gasteiger partial charge in [0.2, 0.25) is 0 Å². The zero-order chi connectivity index (χ0) is 11.8. The molecule has 1 aromatic rings. The molecule has 0 fully saturated rings. The number of benzene rings is 1. The lowest BCUT2D eigenvalue weighted by molar-refractivity contribution is -0.123. The van der Waals surface area contributed by atoms with Crippen molar-refractivity contribution < 1.29 is 14.3 Å². The highest BCUT2D eigenvalue weighted by atomic mass is 35.5. The van der Waals surface area contributed by atoms with Crippen molar-refractivity contribution in [3.05, 3.63) is 29.3 Å². The van der Waals surface area contributed by atoms with E-state index in [1.54, 1.807) is 31.4 Å². The number of nitrogens with one attached hydrogen (secondary N) is 1. The standard InChI is InChI=1S/C11H14ClNO3/c1-15-6-5-13-11(14)8-16-10-4-2-3-9(12)7-10/h2-4,7H,5-6,8H2,1H3,(H,13,14). The van der Waals surface area contributed by atoms with Gasteiger partial charge in [-0.2, -0.15) is 0 Å². The fraction of sp³-hybridized carbons (Fsp3) is 0.364. The van der Waals surface area contributed by atoms with Crippen molar-refractivity contribution in [1.82, 2.24) is 5.32 Å². The predicted molar refractivity (Wildman–Crippen MR) is 61.8 cm³/mol. The average Bonchev–Trinajstić information content (AvgIpc) is 2.27. The second kappa shape index (κ2) is 7.09. The summed E-state index contributed by atoms with van der Waals surface area (Å²) < 4.78 is 10.0. The Hall–Kier alpha value is -1.26. The van der Waals surface area contributed by atoms with E-state index in [1.807, 2.05) is 0 Å². The van der Waals surface area contributed by atoms with Crippen molar-refractivity contribution in [3.8, 4) is 5.75 Å². The second-order valence-corrected chi connectivity index (χ2v) is 3.53. The third-order valence-corrected chi connectivity index (χ3v) is 2.03. The summed E-state index contributed by atoms with van der Waals surface area (Å²) in [4.78, 5) is 11.3. The fourth-order valence-corrected chi connectivity index (χ4v) is 1.23. The van der Waals surface area contributed by atoms with Gasteiger partial charge in [0.1, 0.15) is 5.75 Å². The number of ether oxygens (including phenoxy) is 2. The average molecular weight is 244 g/mol. The zero-order valence-corrected chi connectivity index (χ0v) is 9.79. The number of carbonyl (C=O) groups excluding carboxylic acids is 1. The van der Waals surface area contributed by atoms with Crippen LogP contribution >= 0.6 is 11.6 Å². The number of methoxy groups -OCH3 is 1. The number of halogens is 1. The van der Waals surface area contributed by atoms with Crippen LogP contribution in [0.5, 0.6) is 5.75 Å². The smallest absolute Gasteiger partial charge is 0.258 e. The van der Waals surface area contributed by atoms with E-state index in [1.165, 1.54) is 0 Å². The van der Waals surface area contributed by atoms with Crippen LogP contribution in [-0.4, -0.2) is 32.8 Å². The van der Waals surface area contributed by atoms with Crippen LogP contribution in [0.15, 0.2) is 24.3 Å². The Labute approximate surface area is 99.5 Å². The van der Waals surface area contributed by atoms with Gasteiger partial charge in [-0.15, -0.1) is 0 Å². The van der Waals surface area contributed by atoms with Gasteiger partial charge in [0.15, 0.2) is 6.61 Å². The first-order valence-corrected chi connectivity index (χ1v) is 5.24. The normalized spacial score (nSPS) is 9.88. The maximum Gasteiger partial charge on any atom is 0.258 e. The van der Waals surface area contributed by atoms with E-state index in [0.29, 0.717) is 23.9 Å². The summed E-state index contributed by atoms with van der Waals surface area (Å²) in [6.45, 7) is 0.946. The van der Waals surface area contributed by atoms with Gasteiger partial charge in [0.25, 0.3) is 5.91 Å². The quantitative estimate of drug-likeness (QED) is 0.770. The minimum Gasteiger partial charge on any atom is -0.484 e. The molecule has 0 atom stereocenters. The summed E-state index contributed by atoms with van der Waals surface area (Å²) in [5.41, 5.74) is 0. The van der Waals surface area contributed by atoms with Crippen LogP contribution in [0, 0.1) is 0 Å². The Kier molecular flexibility index (Phi) is 5.67. The molecule has 1 aromatic carbocycles. The van der Waals surface area contributed by atoms with E-state index in [2.05, 4.69) is 5.32 Å². The minimum atomic E-state index is -0.183. The highest BCUT2D eigenvalue weighted by Crippen LogP contribution is 2.16. The van der Waals surface area contributed by atoms with Crippen molar-refractivity contribution in [3.63, 3.8) is 0 Å². The van der Waals surface area contributed by atoms with Gasteiger partial charge >= 0.3 is 0 Å². The molecule has 0 aliphatic carbocycles. The molecule has 0 radical (unpaired) electrons. The molecule has 0 aromatic heterocycles. The largest absolute Gasteiger partial charge is 0.484 e. The Morgan fingerprint density at radius 2 is 2.31 bits per heavy atom. The summed E-state index contributed by atoms with van der Waals surface area (Å²) in [6.07, 6.45) is 0. The molecule has 88 valence electrons. The van der Waals surface area contributed by atoms with Gasteiger partial charge in [0.05, 0.1) is 6.61 Å². The van der Waals surface area contributed by atoms with Crippen molar-refractivity contribution in [2.45, 2.75) is 0 Å². The van der Waals surface area contributed by atoms with E-state index in [0.717, 1.165) is 0 Å². The van der Waals surface area contributed by atoms with Gasteiger partial charge < -0.3 is 14.8 Å².